The standard InChI is InChI=1S/C14H16N6S/c1-8-13(21-10(3)15-8)9(2)16-12-6-4-5-11(7-12)14-17-19-20-18-14/h4-7,9,16H,1-3H3,(H,17,18,19,20). The molecule has 0 aliphatic carbocycles. The summed E-state index contributed by atoms with van der Waals surface area (Å²) in [5.74, 6) is 0.594. The van der Waals surface area contributed by atoms with Gasteiger partial charge < -0.3 is 5.32 Å². The van der Waals surface area contributed by atoms with Crippen molar-refractivity contribution < 1.29 is 0 Å². The molecule has 108 valence electrons. The number of nitrogens with zero attached hydrogens (tertiary/aromatic N) is 4. The van der Waals surface area contributed by atoms with Crippen molar-refractivity contribution in [3.63, 3.8) is 0 Å². The molecule has 0 aliphatic heterocycles. The van der Waals surface area contributed by atoms with E-state index in [1.54, 1.807) is 11.3 Å². The van der Waals surface area contributed by atoms with Crippen LogP contribution in [0.1, 0.15) is 28.5 Å². The lowest BCUT2D eigenvalue weighted by Gasteiger charge is -2.14. The van der Waals surface area contributed by atoms with Crippen molar-refractivity contribution in [2.24, 2.45) is 0 Å². The van der Waals surface area contributed by atoms with E-state index in [-0.39, 0.29) is 6.04 Å². The molecule has 0 amide bonds. The van der Waals surface area contributed by atoms with Gasteiger partial charge in [0.1, 0.15) is 0 Å². The molecule has 0 saturated heterocycles. The minimum absolute atomic E-state index is 0.205. The predicted molar refractivity (Wildman–Crippen MR) is 83.2 cm³/mol. The molecule has 1 atom stereocenters. The second kappa shape index (κ2) is 5.61. The second-order valence-corrected chi connectivity index (χ2v) is 6.10. The van der Waals surface area contributed by atoms with E-state index in [9.17, 15) is 0 Å². The van der Waals surface area contributed by atoms with Crippen LogP contribution in [0.15, 0.2) is 24.3 Å². The van der Waals surface area contributed by atoms with Crippen molar-refractivity contribution in [3.8, 4) is 11.4 Å². The first-order valence-electron chi connectivity index (χ1n) is 6.68. The van der Waals surface area contributed by atoms with E-state index in [1.807, 2.05) is 38.1 Å². The highest BCUT2D eigenvalue weighted by molar-refractivity contribution is 7.11. The molecule has 3 rings (SSSR count). The normalized spacial score (nSPS) is 12.3. The van der Waals surface area contributed by atoms with Crippen LogP contribution in [0.4, 0.5) is 5.69 Å². The van der Waals surface area contributed by atoms with Gasteiger partial charge in [0, 0.05) is 16.1 Å². The van der Waals surface area contributed by atoms with Gasteiger partial charge in [-0.25, -0.2) is 4.98 Å². The minimum Gasteiger partial charge on any atom is -0.378 e. The Morgan fingerprint density at radius 1 is 1.29 bits per heavy atom. The summed E-state index contributed by atoms with van der Waals surface area (Å²) in [7, 11) is 0. The van der Waals surface area contributed by atoms with Crippen molar-refractivity contribution in [3.05, 3.63) is 39.8 Å². The first kappa shape index (κ1) is 13.7. The van der Waals surface area contributed by atoms with Gasteiger partial charge in [-0.2, -0.15) is 5.21 Å². The van der Waals surface area contributed by atoms with Gasteiger partial charge in [-0.3, -0.25) is 0 Å². The summed E-state index contributed by atoms with van der Waals surface area (Å²) in [5.41, 5.74) is 3.04. The molecule has 0 aliphatic rings. The van der Waals surface area contributed by atoms with Crippen molar-refractivity contribution in [1.29, 1.82) is 0 Å². The number of hydrogen-bond donors (Lipinski definition) is 2. The summed E-state index contributed by atoms with van der Waals surface area (Å²) in [4.78, 5) is 5.74. The number of rotatable bonds is 4. The van der Waals surface area contributed by atoms with Crippen LogP contribution >= 0.6 is 11.3 Å². The van der Waals surface area contributed by atoms with E-state index in [1.165, 1.54) is 4.88 Å². The topological polar surface area (TPSA) is 79.4 Å². The van der Waals surface area contributed by atoms with Crippen molar-refractivity contribution in [1.82, 2.24) is 25.6 Å². The number of nitrogens with one attached hydrogen (secondary N) is 2. The lowest BCUT2D eigenvalue weighted by molar-refractivity contribution is 0.881. The van der Waals surface area contributed by atoms with Gasteiger partial charge in [0.05, 0.1) is 16.7 Å². The second-order valence-electron chi connectivity index (χ2n) is 4.86. The summed E-state index contributed by atoms with van der Waals surface area (Å²) in [6.07, 6.45) is 0. The third-order valence-electron chi connectivity index (χ3n) is 3.18. The minimum atomic E-state index is 0.205. The maximum Gasteiger partial charge on any atom is 0.204 e. The molecule has 1 aromatic carbocycles. The molecular weight excluding hydrogens is 284 g/mol. The Morgan fingerprint density at radius 2 is 2.14 bits per heavy atom. The van der Waals surface area contributed by atoms with E-state index < -0.39 is 0 Å². The fourth-order valence-corrected chi connectivity index (χ4v) is 3.23. The number of benzene rings is 1. The molecule has 2 aromatic heterocycles. The van der Waals surface area contributed by atoms with Crippen molar-refractivity contribution in [2.45, 2.75) is 26.8 Å². The smallest absolute Gasteiger partial charge is 0.204 e. The first-order valence-corrected chi connectivity index (χ1v) is 7.49. The van der Waals surface area contributed by atoms with Crippen LogP contribution in [0.5, 0.6) is 0 Å². The molecule has 6 nitrogen and oxygen atoms in total. The lowest BCUT2D eigenvalue weighted by atomic mass is 10.1. The number of H-pyrrole nitrogens is 1. The van der Waals surface area contributed by atoms with Gasteiger partial charge in [-0.1, -0.05) is 12.1 Å². The van der Waals surface area contributed by atoms with Crippen LogP contribution in [-0.2, 0) is 0 Å². The number of aryl methyl sites for hydroxylation is 2. The zero-order chi connectivity index (χ0) is 14.8. The van der Waals surface area contributed by atoms with E-state index in [4.69, 9.17) is 0 Å². The van der Waals surface area contributed by atoms with Gasteiger partial charge in [0.15, 0.2) is 0 Å². The van der Waals surface area contributed by atoms with Crippen LogP contribution in [0, 0.1) is 13.8 Å². The molecule has 0 bridgehead atoms. The summed E-state index contributed by atoms with van der Waals surface area (Å²) >= 11 is 1.73. The van der Waals surface area contributed by atoms with Crippen LogP contribution in [0.3, 0.4) is 0 Å². The quantitative estimate of drug-likeness (QED) is 0.774. The number of hydrogen-bond acceptors (Lipinski definition) is 6. The van der Waals surface area contributed by atoms with E-state index in [0.717, 1.165) is 22.0 Å². The average Bonchev–Trinajstić information content (AvgIpc) is 3.08. The lowest BCUT2D eigenvalue weighted by Crippen LogP contribution is -2.06. The van der Waals surface area contributed by atoms with Gasteiger partial charge in [-0.15, -0.1) is 21.5 Å². The summed E-state index contributed by atoms with van der Waals surface area (Å²) < 4.78 is 0. The average molecular weight is 300 g/mol. The van der Waals surface area contributed by atoms with Gasteiger partial charge in [-0.05, 0) is 38.1 Å². The Kier molecular flexibility index (Phi) is 3.66. The van der Waals surface area contributed by atoms with Gasteiger partial charge >= 0.3 is 0 Å². The molecule has 1 unspecified atom stereocenters. The Balaban J connectivity index is 1.82. The Hall–Kier alpha value is -2.28. The molecule has 0 radical (unpaired) electrons. The zero-order valence-electron chi connectivity index (χ0n) is 12.1. The highest BCUT2D eigenvalue weighted by Gasteiger charge is 2.13. The number of anilines is 1. The number of tetrazole rings is 1. The Labute approximate surface area is 126 Å². The molecule has 2 heterocycles. The number of thiazole rings is 1. The van der Waals surface area contributed by atoms with Crippen LogP contribution in [0.2, 0.25) is 0 Å². The van der Waals surface area contributed by atoms with Crippen LogP contribution < -0.4 is 5.32 Å². The maximum atomic E-state index is 4.48. The third kappa shape index (κ3) is 2.92. The Morgan fingerprint density at radius 3 is 2.81 bits per heavy atom. The molecule has 0 fully saturated rings. The Bertz CT molecular complexity index is 734. The molecular formula is C14H16N6S. The summed E-state index contributed by atoms with van der Waals surface area (Å²) in [5, 5.41) is 18.6. The molecule has 7 heteroatoms. The van der Waals surface area contributed by atoms with Crippen LogP contribution in [-0.4, -0.2) is 25.6 Å². The molecule has 21 heavy (non-hydrogen) atoms. The van der Waals surface area contributed by atoms with Crippen molar-refractivity contribution in [2.75, 3.05) is 5.32 Å². The molecule has 0 saturated carbocycles. The largest absolute Gasteiger partial charge is 0.378 e. The fourth-order valence-electron chi connectivity index (χ4n) is 2.30. The summed E-state index contributed by atoms with van der Waals surface area (Å²) in [6, 6.07) is 8.19. The third-order valence-corrected chi connectivity index (χ3v) is 4.44. The van der Waals surface area contributed by atoms with E-state index in [0.29, 0.717) is 5.82 Å². The summed E-state index contributed by atoms with van der Waals surface area (Å²) in [6.45, 7) is 6.22. The highest BCUT2D eigenvalue weighted by atomic mass is 32.1. The zero-order valence-corrected chi connectivity index (χ0v) is 12.9. The number of aromatic nitrogens is 5. The monoisotopic (exact) mass is 300 g/mol. The number of aromatic amines is 1. The highest BCUT2D eigenvalue weighted by Crippen LogP contribution is 2.28. The maximum absolute atomic E-state index is 4.48. The molecule has 0 spiro atoms. The van der Waals surface area contributed by atoms with Gasteiger partial charge in [0.2, 0.25) is 5.82 Å². The van der Waals surface area contributed by atoms with Gasteiger partial charge in [0.25, 0.3) is 0 Å². The van der Waals surface area contributed by atoms with E-state index >= 15 is 0 Å². The SMILES string of the molecule is Cc1nc(C)c(C(C)Nc2cccc(-c3nn[nH]n3)c2)s1. The predicted octanol–water partition coefficient (Wildman–Crippen LogP) is 3.11. The van der Waals surface area contributed by atoms with E-state index in [2.05, 4.69) is 37.8 Å². The molecule has 3 aromatic rings. The molecule has 2 N–H and O–H groups in total. The van der Waals surface area contributed by atoms with Crippen molar-refractivity contribution >= 4 is 17.0 Å². The first-order chi connectivity index (χ1) is 10.1. The fraction of sp³-hybridized carbons (Fsp3) is 0.286. The van der Waals surface area contributed by atoms with Crippen LogP contribution in [0.25, 0.3) is 11.4 Å².